The Bertz CT molecular complexity index is 153. The molecule has 0 aromatic heterocycles. The molecule has 2 nitrogen and oxygen atoms in total. The van der Waals surface area contributed by atoms with Crippen LogP contribution < -0.4 is 0 Å². The lowest BCUT2D eigenvalue weighted by Crippen LogP contribution is -2.26. The molecule has 0 saturated heterocycles. The zero-order valence-corrected chi connectivity index (χ0v) is 6.97. The van der Waals surface area contributed by atoms with Gasteiger partial charge in [-0.05, 0) is 6.92 Å². The van der Waals surface area contributed by atoms with Gasteiger partial charge in [0.15, 0.2) is 0 Å². The van der Waals surface area contributed by atoms with E-state index in [1.807, 2.05) is 6.92 Å². The van der Waals surface area contributed by atoms with Crippen LogP contribution >= 0.6 is 0 Å². The molecule has 1 aliphatic heterocycles. The van der Waals surface area contributed by atoms with Gasteiger partial charge in [0.05, 0.1) is 0 Å². The normalized spacial score (nSPS) is 25.2. The molecule has 58 valence electrons. The van der Waals surface area contributed by atoms with Crippen molar-refractivity contribution >= 4 is 0 Å². The van der Waals surface area contributed by atoms with Gasteiger partial charge in [-0.15, -0.1) is 0 Å². The molecule has 0 amide bonds. The predicted octanol–water partition coefficient (Wildman–Crippen LogP) is 2.27. The van der Waals surface area contributed by atoms with Gasteiger partial charge in [0.25, 0.3) is 0 Å². The highest BCUT2D eigenvalue weighted by Gasteiger charge is 2.30. The second-order valence-electron chi connectivity index (χ2n) is 3.68. The van der Waals surface area contributed by atoms with Gasteiger partial charge in [-0.25, -0.2) is 0 Å². The van der Waals surface area contributed by atoms with Gasteiger partial charge in [-0.1, -0.05) is 20.8 Å². The first-order valence-electron chi connectivity index (χ1n) is 3.49. The Morgan fingerprint density at radius 1 is 1.40 bits per heavy atom. The third-order valence-corrected chi connectivity index (χ3v) is 1.36. The average molecular weight is 142 g/mol. The number of ether oxygens (including phenoxy) is 2. The largest absolute Gasteiger partial charge is 0.458 e. The fraction of sp³-hybridized carbons (Fsp3) is 0.750. The summed E-state index contributed by atoms with van der Waals surface area (Å²) in [6.07, 6.45) is 1.56. The van der Waals surface area contributed by atoms with Crippen LogP contribution in [-0.4, -0.2) is 6.29 Å². The predicted molar refractivity (Wildman–Crippen MR) is 39.2 cm³/mol. The van der Waals surface area contributed by atoms with Crippen LogP contribution in [0.3, 0.4) is 0 Å². The Morgan fingerprint density at radius 3 is 2.20 bits per heavy atom. The van der Waals surface area contributed by atoms with E-state index >= 15 is 0 Å². The van der Waals surface area contributed by atoms with Crippen molar-refractivity contribution < 1.29 is 9.47 Å². The fourth-order valence-corrected chi connectivity index (χ4v) is 0.763. The number of rotatable bonds is 0. The van der Waals surface area contributed by atoms with Crippen LogP contribution in [0.15, 0.2) is 12.0 Å². The Labute approximate surface area is 61.8 Å². The molecular formula is C8H14O2. The molecular weight excluding hydrogens is 128 g/mol. The summed E-state index contributed by atoms with van der Waals surface area (Å²) in [5.41, 5.74) is 0.0637. The number of allylic oxidation sites excluding steroid dienone is 1. The fourth-order valence-electron chi connectivity index (χ4n) is 0.763. The summed E-state index contributed by atoms with van der Waals surface area (Å²) in [5, 5.41) is 0. The van der Waals surface area contributed by atoms with Crippen molar-refractivity contribution in [2.45, 2.75) is 34.0 Å². The zero-order valence-electron chi connectivity index (χ0n) is 6.97. The van der Waals surface area contributed by atoms with Crippen molar-refractivity contribution in [2.24, 2.45) is 5.41 Å². The lowest BCUT2D eigenvalue weighted by atomic mass is 9.96. The van der Waals surface area contributed by atoms with E-state index in [0.29, 0.717) is 0 Å². The molecule has 0 N–H and O–H groups in total. The van der Waals surface area contributed by atoms with E-state index in [4.69, 9.17) is 9.47 Å². The van der Waals surface area contributed by atoms with Gasteiger partial charge in [0.1, 0.15) is 12.0 Å². The first-order chi connectivity index (χ1) is 4.50. The highest BCUT2D eigenvalue weighted by molar-refractivity contribution is 4.90. The quantitative estimate of drug-likeness (QED) is 0.516. The molecule has 0 saturated carbocycles. The molecule has 0 fully saturated rings. The highest BCUT2D eigenvalue weighted by Crippen LogP contribution is 2.29. The molecule has 10 heavy (non-hydrogen) atoms. The maximum atomic E-state index is 5.36. The van der Waals surface area contributed by atoms with Crippen LogP contribution in [0, 0.1) is 5.41 Å². The second-order valence-corrected chi connectivity index (χ2v) is 3.68. The average Bonchev–Trinajstić information content (AvgIpc) is 2.11. The van der Waals surface area contributed by atoms with Gasteiger partial charge < -0.3 is 9.47 Å². The molecule has 0 radical (unpaired) electrons. The van der Waals surface area contributed by atoms with Gasteiger partial charge in [-0.3, -0.25) is 0 Å². The van der Waals surface area contributed by atoms with E-state index in [1.165, 1.54) is 0 Å². The molecule has 1 aliphatic rings. The SMILES string of the molecule is CC1=COC(C(C)(C)C)O1. The van der Waals surface area contributed by atoms with Crippen LogP contribution in [0.25, 0.3) is 0 Å². The van der Waals surface area contributed by atoms with E-state index in [2.05, 4.69) is 20.8 Å². The van der Waals surface area contributed by atoms with Gasteiger partial charge in [-0.2, -0.15) is 0 Å². The molecule has 1 atom stereocenters. The van der Waals surface area contributed by atoms with Gasteiger partial charge >= 0.3 is 0 Å². The lowest BCUT2D eigenvalue weighted by Gasteiger charge is -2.24. The molecule has 2 heteroatoms. The summed E-state index contributed by atoms with van der Waals surface area (Å²) < 4.78 is 10.6. The third-order valence-electron chi connectivity index (χ3n) is 1.36. The van der Waals surface area contributed by atoms with Gasteiger partial charge in [0.2, 0.25) is 6.29 Å². The van der Waals surface area contributed by atoms with E-state index in [1.54, 1.807) is 6.26 Å². The summed E-state index contributed by atoms with van der Waals surface area (Å²) >= 11 is 0. The van der Waals surface area contributed by atoms with E-state index in [9.17, 15) is 0 Å². The summed E-state index contributed by atoms with van der Waals surface area (Å²) in [4.78, 5) is 0. The lowest BCUT2D eigenvalue weighted by molar-refractivity contribution is -0.103. The summed E-state index contributed by atoms with van der Waals surface area (Å²) in [6.45, 7) is 8.16. The van der Waals surface area contributed by atoms with E-state index < -0.39 is 0 Å². The Balaban J connectivity index is 2.50. The minimum Gasteiger partial charge on any atom is -0.458 e. The second kappa shape index (κ2) is 2.19. The molecule has 1 heterocycles. The maximum absolute atomic E-state index is 5.36. The molecule has 0 aliphatic carbocycles. The Hall–Kier alpha value is -0.660. The van der Waals surface area contributed by atoms with Crippen molar-refractivity contribution in [3.05, 3.63) is 12.0 Å². The monoisotopic (exact) mass is 142 g/mol. The minimum atomic E-state index is -0.104. The van der Waals surface area contributed by atoms with E-state index in [0.717, 1.165) is 5.76 Å². The topological polar surface area (TPSA) is 18.5 Å². The third kappa shape index (κ3) is 1.43. The molecule has 0 bridgehead atoms. The van der Waals surface area contributed by atoms with Crippen LogP contribution in [0.4, 0.5) is 0 Å². The van der Waals surface area contributed by atoms with Crippen molar-refractivity contribution in [1.82, 2.24) is 0 Å². The minimum absolute atomic E-state index is 0.0637. The first kappa shape index (κ1) is 7.45. The molecule has 0 aromatic carbocycles. The van der Waals surface area contributed by atoms with Crippen molar-refractivity contribution in [1.29, 1.82) is 0 Å². The van der Waals surface area contributed by atoms with Crippen LogP contribution in [0.1, 0.15) is 27.7 Å². The van der Waals surface area contributed by atoms with Gasteiger partial charge in [0, 0.05) is 5.41 Å². The number of hydrogen-bond acceptors (Lipinski definition) is 2. The van der Waals surface area contributed by atoms with Crippen LogP contribution in [0.5, 0.6) is 0 Å². The Morgan fingerprint density at radius 2 is 2.00 bits per heavy atom. The standard InChI is InChI=1S/C8H14O2/c1-6-5-9-7(10-6)8(2,3)4/h5,7H,1-4H3. The van der Waals surface area contributed by atoms with E-state index in [-0.39, 0.29) is 11.7 Å². The first-order valence-corrected chi connectivity index (χ1v) is 3.49. The molecule has 1 unspecified atom stereocenters. The summed E-state index contributed by atoms with van der Waals surface area (Å²) in [7, 11) is 0. The highest BCUT2D eigenvalue weighted by atomic mass is 16.7. The molecule has 1 rings (SSSR count). The number of hydrogen-bond donors (Lipinski definition) is 0. The Kier molecular flexibility index (Phi) is 1.63. The maximum Gasteiger partial charge on any atom is 0.244 e. The van der Waals surface area contributed by atoms with Crippen LogP contribution in [-0.2, 0) is 9.47 Å². The van der Waals surface area contributed by atoms with Crippen LogP contribution in [0.2, 0.25) is 0 Å². The van der Waals surface area contributed by atoms with Crippen molar-refractivity contribution in [3.63, 3.8) is 0 Å². The molecule has 0 aromatic rings. The molecule has 0 spiro atoms. The zero-order chi connectivity index (χ0) is 7.78. The summed E-state index contributed by atoms with van der Waals surface area (Å²) in [5.74, 6) is 0.861. The van der Waals surface area contributed by atoms with Crippen molar-refractivity contribution in [3.8, 4) is 0 Å². The van der Waals surface area contributed by atoms with Crippen molar-refractivity contribution in [2.75, 3.05) is 0 Å². The smallest absolute Gasteiger partial charge is 0.244 e. The summed E-state index contributed by atoms with van der Waals surface area (Å²) in [6, 6.07) is 0.